The van der Waals surface area contributed by atoms with Gasteiger partial charge in [0.05, 0.1) is 30.4 Å². The fourth-order valence-corrected chi connectivity index (χ4v) is 8.29. The molecule has 0 aliphatic carbocycles. The normalized spacial score (nSPS) is 37.6. The predicted molar refractivity (Wildman–Crippen MR) is 160 cm³/mol. The Labute approximate surface area is 262 Å². The van der Waals surface area contributed by atoms with Gasteiger partial charge in [-0.2, -0.15) is 0 Å². The minimum atomic E-state index is -4.22. The van der Waals surface area contributed by atoms with E-state index in [1.165, 1.54) is 23.5 Å². The van der Waals surface area contributed by atoms with Crippen molar-refractivity contribution in [2.24, 2.45) is 0 Å². The van der Waals surface area contributed by atoms with E-state index in [9.17, 15) is 24.8 Å². The lowest BCUT2D eigenvalue weighted by molar-refractivity contribution is -0.0626. The van der Waals surface area contributed by atoms with Crippen molar-refractivity contribution in [3.63, 3.8) is 0 Å². The van der Waals surface area contributed by atoms with E-state index in [4.69, 9.17) is 56.9 Å². The fraction of sp³-hybridized carbons (Fsp3) is 0.435. The van der Waals surface area contributed by atoms with Crippen LogP contribution in [0.4, 0.5) is 5.82 Å². The molecule has 22 heteroatoms. The van der Waals surface area contributed by atoms with E-state index in [-0.39, 0.29) is 22.4 Å². The molecule has 3 aromatic heterocycles. The van der Waals surface area contributed by atoms with Gasteiger partial charge in [-0.25, -0.2) is 19.9 Å². The summed E-state index contributed by atoms with van der Waals surface area (Å²) in [7, 11) is 0. The molecule has 0 spiro atoms. The molecule has 1 aromatic carbocycles. The van der Waals surface area contributed by atoms with E-state index in [1.807, 2.05) is 0 Å². The van der Waals surface area contributed by atoms with Gasteiger partial charge in [0, 0.05) is 0 Å². The molecule has 45 heavy (non-hydrogen) atoms. The maximum absolute atomic E-state index is 13.4. The number of nitrogens with two attached hydrogens (primary N) is 1. The predicted octanol–water partition coefficient (Wildman–Crippen LogP) is -0.414. The average molecular weight is 702 g/mol. The van der Waals surface area contributed by atoms with Crippen LogP contribution in [0.15, 0.2) is 48.0 Å². The second kappa shape index (κ2) is 11.7. The number of aromatic nitrogens is 6. The van der Waals surface area contributed by atoms with Crippen molar-refractivity contribution in [3.05, 3.63) is 53.6 Å². The highest BCUT2D eigenvalue weighted by atomic mass is 32.5. The zero-order chi connectivity index (χ0) is 31.7. The number of nitrogen functional groups attached to an aromatic ring is 1. The number of aliphatic hydroxyl groups excluding tert-OH is 2. The Morgan fingerprint density at radius 3 is 2.29 bits per heavy atom. The van der Waals surface area contributed by atoms with Gasteiger partial charge < -0.3 is 44.3 Å². The Balaban J connectivity index is 1.20. The van der Waals surface area contributed by atoms with Crippen LogP contribution in [-0.2, 0) is 51.2 Å². The Hall–Kier alpha value is -2.39. The first kappa shape index (κ1) is 31.2. The second-order valence-corrected chi connectivity index (χ2v) is 15.9. The monoisotopic (exact) mass is 701 g/mol. The minimum absolute atomic E-state index is 0.102. The zero-order valence-electron chi connectivity index (χ0n) is 22.7. The van der Waals surface area contributed by atoms with E-state index >= 15 is 0 Å². The van der Waals surface area contributed by atoms with Crippen molar-refractivity contribution in [1.29, 1.82) is 0 Å². The number of para-hydroxylation sites is 1. The van der Waals surface area contributed by atoms with Crippen molar-refractivity contribution in [2.45, 2.75) is 49.1 Å². The molecule has 0 amide bonds. The molecule has 240 valence electrons. The van der Waals surface area contributed by atoms with Crippen LogP contribution in [0.1, 0.15) is 12.5 Å². The van der Waals surface area contributed by atoms with Gasteiger partial charge in [-0.15, -0.1) is 0 Å². The summed E-state index contributed by atoms with van der Waals surface area (Å²) in [5.41, 5.74) is 6.29. The Morgan fingerprint density at radius 1 is 0.844 bits per heavy atom. The first-order valence-electron chi connectivity index (χ1n) is 13.3. The molecule has 2 unspecified atom stereocenters. The smallest absolute Gasteiger partial charge is 0.325 e. The van der Waals surface area contributed by atoms with Crippen LogP contribution in [0.25, 0.3) is 22.1 Å². The summed E-state index contributed by atoms with van der Waals surface area (Å²) < 4.78 is 37.0. The van der Waals surface area contributed by atoms with E-state index in [0.29, 0.717) is 5.52 Å². The zero-order valence-corrected chi connectivity index (χ0v) is 26.1. The molecule has 18 nitrogen and oxygen atoms in total. The topological polar surface area (TPSA) is 241 Å². The largest absolute Gasteiger partial charge is 0.387 e. The summed E-state index contributed by atoms with van der Waals surface area (Å²) in [5.74, 6) is 0.102. The maximum atomic E-state index is 13.4. The minimum Gasteiger partial charge on any atom is -0.387 e. The van der Waals surface area contributed by atoms with E-state index in [2.05, 4.69) is 19.9 Å². The number of hydrogen-bond donors (Lipinski definition) is 5. The highest BCUT2D eigenvalue weighted by Crippen LogP contribution is 2.53. The van der Waals surface area contributed by atoms with Gasteiger partial charge >= 0.3 is 13.4 Å². The molecule has 3 saturated heterocycles. The molecule has 6 N–H and O–H groups in total. The Morgan fingerprint density at radius 2 is 1.51 bits per heavy atom. The number of fused-ring (bicyclic) bond motifs is 5. The third kappa shape index (κ3) is 5.74. The number of ether oxygens (including phenoxy) is 2. The van der Waals surface area contributed by atoms with Crippen LogP contribution in [0, 0.1) is 0 Å². The molecule has 10 atom stereocenters. The summed E-state index contributed by atoms with van der Waals surface area (Å²) in [4.78, 5) is 52.0. The van der Waals surface area contributed by atoms with E-state index < -0.39 is 81.3 Å². The van der Waals surface area contributed by atoms with Crippen molar-refractivity contribution >= 4 is 64.9 Å². The number of hydrogen-bond acceptors (Lipinski definition) is 16. The number of benzene rings is 1. The van der Waals surface area contributed by atoms with Gasteiger partial charge in [0.1, 0.15) is 54.8 Å². The first-order valence-corrected chi connectivity index (χ1v) is 18.5. The lowest BCUT2D eigenvalue weighted by Gasteiger charge is -2.28. The molecule has 2 bridgehead atoms. The number of imidazole rings is 1. The van der Waals surface area contributed by atoms with E-state index in [1.54, 1.807) is 24.3 Å². The van der Waals surface area contributed by atoms with Crippen LogP contribution in [-0.4, -0.2) is 98.9 Å². The van der Waals surface area contributed by atoms with Gasteiger partial charge in [-0.3, -0.25) is 23.0 Å². The molecule has 7 rings (SSSR count). The molecule has 3 fully saturated rings. The Bertz CT molecular complexity index is 1930. The Kier molecular flexibility index (Phi) is 8.11. The number of anilines is 1. The van der Waals surface area contributed by atoms with Gasteiger partial charge in [0.2, 0.25) is 0 Å². The molecular formula is C23H25N7O11P2S2. The highest BCUT2D eigenvalue weighted by molar-refractivity contribution is 8.07. The number of aliphatic hydroxyl groups is 2. The average Bonchev–Trinajstić information content (AvgIpc) is 3.65. The van der Waals surface area contributed by atoms with Crippen LogP contribution >= 0.6 is 13.4 Å². The summed E-state index contributed by atoms with van der Waals surface area (Å²) in [5, 5.41) is 22.7. The molecule has 3 aliphatic rings. The molecular weight excluding hydrogens is 676 g/mol. The number of rotatable bonds is 2. The van der Waals surface area contributed by atoms with Crippen molar-refractivity contribution in [2.75, 3.05) is 18.9 Å². The van der Waals surface area contributed by atoms with E-state index in [0.717, 1.165) is 4.57 Å². The highest BCUT2D eigenvalue weighted by Gasteiger charge is 2.52. The lowest BCUT2D eigenvalue weighted by Crippen LogP contribution is -2.37. The van der Waals surface area contributed by atoms with Crippen LogP contribution in [0.5, 0.6) is 0 Å². The summed E-state index contributed by atoms with van der Waals surface area (Å²) >= 11 is 10.5. The first-order chi connectivity index (χ1) is 21.4. The standard InChI is InChI=1S/C23H25N7O11P2S2/c24-19-14-20(26-7-25-19)29(9-28-14)22-16(32)17-13(39-22)6-37-43(35,45)41-18-15(31)12(5-36-42(34,44)40-17)38-23(18)30-8-27-11-4-2-1-3-10(11)21(30)33/h1-4,7-9,12-13,15-18,22-23,31-32H,5-6H2,(H,34,44)(H,35,45)(H2,24,25,26)/t12-,13-,15-,16-,17-,18-,22-,23-,42?,43?/m1/s1. The fourth-order valence-electron chi connectivity index (χ4n) is 5.43. The van der Waals surface area contributed by atoms with Crippen LogP contribution in [0.2, 0.25) is 0 Å². The van der Waals surface area contributed by atoms with Crippen molar-refractivity contribution < 1.29 is 47.6 Å². The SMILES string of the molecule is Nc1ncnc2c1ncn2[C@@H]1O[C@@H]2COP(O)(=S)O[C@@H]3[C@H](O)[C@@H](COP(O)(=S)O[C@H]2[C@H]1O)O[C@H]3n1cnc2ccccc2c1=O. The third-order valence-corrected chi connectivity index (χ3v) is 10.7. The summed E-state index contributed by atoms with van der Waals surface area (Å²) in [6.45, 7) is -9.45. The third-order valence-electron chi connectivity index (χ3n) is 7.56. The molecule has 0 radical (unpaired) electrons. The second-order valence-electron chi connectivity index (χ2n) is 10.3. The number of nitrogens with zero attached hydrogens (tertiary/aromatic N) is 6. The molecule has 4 aromatic rings. The van der Waals surface area contributed by atoms with Gasteiger partial charge in [0.15, 0.2) is 23.9 Å². The molecule has 6 heterocycles. The van der Waals surface area contributed by atoms with Crippen molar-refractivity contribution in [1.82, 2.24) is 29.1 Å². The maximum Gasteiger partial charge on any atom is 0.325 e. The van der Waals surface area contributed by atoms with Crippen LogP contribution in [0.3, 0.4) is 0 Å². The summed E-state index contributed by atoms with van der Waals surface area (Å²) in [6, 6.07) is 6.61. The van der Waals surface area contributed by atoms with Gasteiger partial charge in [-0.05, 0) is 35.7 Å². The lowest BCUT2D eigenvalue weighted by atomic mass is 10.1. The van der Waals surface area contributed by atoms with Crippen molar-refractivity contribution in [3.8, 4) is 0 Å². The quantitative estimate of drug-likeness (QED) is 0.167. The van der Waals surface area contributed by atoms with Crippen LogP contribution < -0.4 is 11.3 Å². The molecule has 0 saturated carbocycles. The van der Waals surface area contributed by atoms with Gasteiger partial charge in [0.25, 0.3) is 5.56 Å². The van der Waals surface area contributed by atoms with Gasteiger partial charge in [-0.1, -0.05) is 12.1 Å². The summed E-state index contributed by atoms with van der Waals surface area (Å²) in [6.07, 6.45) is -7.09. The molecule has 3 aliphatic heterocycles.